The Morgan fingerprint density at radius 2 is 1.61 bits per heavy atom. The van der Waals surface area contributed by atoms with Crippen LogP contribution < -0.4 is 5.32 Å². The molecule has 0 bridgehead atoms. The molecule has 1 amide bonds. The average molecular weight is 356 g/mol. The molecule has 1 aliphatic heterocycles. The Labute approximate surface area is 149 Å². The van der Waals surface area contributed by atoms with Crippen molar-refractivity contribution in [3.8, 4) is 0 Å². The van der Waals surface area contributed by atoms with Gasteiger partial charge in [-0.1, -0.05) is 71.6 Å². The zero-order valence-corrected chi connectivity index (χ0v) is 16.6. The number of allylic oxidation sites excluding steroid dienone is 1. The zero-order chi connectivity index (χ0) is 17.6. The van der Waals surface area contributed by atoms with E-state index in [-0.39, 0.29) is 34.7 Å². The molecule has 1 saturated heterocycles. The summed E-state index contributed by atoms with van der Waals surface area (Å²) >= 11 is 6.43. The molecule has 0 radical (unpaired) electrons. The zero-order valence-electron chi connectivity index (χ0n) is 15.0. The van der Waals surface area contributed by atoms with Crippen LogP contribution in [0.2, 0.25) is 0 Å². The Morgan fingerprint density at radius 3 is 1.96 bits per heavy atom. The molecule has 130 valence electrons. The van der Waals surface area contributed by atoms with Gasteiger partial charge >= 0.3 is 0 Å². The van der Waals surface area contributed by atoms with Crippen molar-refractivity contribution in [3.05, 3.63) is 11.0 Å². The summed E-state index contributed by atoms with van der Waals surface area (Å²) in [6.45, 7) is 13.2. The number of carbonyl (C=O) groups excluding carboxylic acids is 1. The maximum Gasteiger partial charge on any atom is 0.263 e. The fourth-order valence-corrected chi connectivity index (χ4v) is 4.94. The third kappa shape index (κ3) is 4.37. The molecule has 0 aromatic heterocycles. The minimum atomic E-state index is -0.296. The molecule has 2 N–H and O–H groups in total. The fraction of sp³-hybridized carbons (Fsp3) is 0.778. The van der Waals surface area contributed by atoms with E-state index in [2.05, 4.69) is 52.9 Å². The van der Waals surface area contributed by atoms with Gasteiger partial charge in [0.1, 0.15) is 4.32 Å². The highest BCUT2D eigenvalue weighted by molar-refractivity contribution is 8.26. The van der Waals surface area contributed by atoms with Crippen LogP contribution in [0, 0.1) is 28.6 Å². The third-order valence-corrected chi connectivity index (χ3v) is 6.37. The first-order valence-electron chi connectivity index (χ1n) is 8.32. The summed E-state index contributed by atoms with van der Waals surface area (Å²) in [7, 11) is 0. The monoisotopic (exact) mass is 355 g/mol. The van der Waals surface area contributed by atoms with E-state index in [0.717, 1.165) is 17.7 Å². The topological polar surface area (TPSA) is 49.3 Å². The Hall–Kier alpha value is -0.390. The lowest BCUT2D eigenvalue weighted by molar-refractivity contribution is -0.115. The second kappa shape index (κ2) is 6.49. The molecule has 0 spiro atoms. The van der Waals surface area contributed by atoms with Crippen LogP contribution in [0.25, 0.3) is 0 Å². The van der Waals surface area contributed by atoms with Crippen LogP contribution in [0.4, 0.5) is 0 Å². The Kier molecular flexibility index (Phi) is 5.34. The molecular formula is C18H29NO2S2. The molecule has 2 rings (SSSR count). The smallest absolute Gasteiger partial charge is 0.263 e. The van der Waals surface area contributed by atoms with E-state index in [1.165, 1.54) is 11.8 Å². The van der Waals surface area contributed by atoms with Gasteiger partial charge in [-0.2, -0.15) is 0 Å². The molecule has 1 saturated carbocycles. The van der Waals surface area contributed by atoms with Crippen LogP contribution >= 0.6 is 24.0 Å². The number of amides is 1. The van der Waals surface area contributed by atoms with Crippen molar-refractivity contribution < 1.29 is 9.90 Å². The minimum absolute atomic E-state index is 0.0421. The van der Waals surface area contributed by atoms with E-state index in [1.54, 1.807) is 0 Å². The van der Waals surface area contributed by atoms with Gasteiger partial charge < -0.3 is 10.4 Å². The Balaban J connectivity index is 2.29. The summed E-state index contributed by atoms with van der Waals surface area (Å²) < 4.78 is 0.539. The standard InChI is InChI=1S/C18H29NO2S2/c1-17(2,3)11-7-10(8-12(14(11)20)18(4,5)6)9-13-15(21)19-16(22)23-13/h9-12,14,20H,7-8H2,1-6H3,(H,19,21,22)/b13-9+. The number of rotatable bonds is 1. The molecule has 0 aromatic rings. The summed E-state index contributed by atoms with van der Waals surface area (Å²) in [6.07, 6.45) is 3.63. The van der Waals surface area contributed by atoms with Gasteiger partial charge in [-0.05, 0) is 41.4 Å². The summed E-state index contributed by atoms with van der Waals surface area (Å²) in [6, 6.07) is 0. The second-order valence-corrected chi connectivity index (χ2v) is 10.8. The first-order chi connectivity index (χ1) is 10.4. The molecule has 1 heterocycles. The highest BCUT2D eigenvalue weighted by Gasteiger charge is 2.45. The van der Waals surface area contributed by atoms with Crippen molar-refractivity contribution >= 4 is 34.2 Å². The van der Waals surface area contributed by atoms with E-state index in [9.17, 15) is 9.90 Å². The van der Waals surface area contributed by atoms with Gasteiger partial charge in [0.15, 0.2) is 0 Å². The number of carbonyl (C=O) groups is 1. The molecule has 3 nitrogen and oxygen atoms in total. The van der Waals surface area contributed by atoms with E-state index < -0.39 is 0 Å². The predicted octanol–water partition coefficient (Wildman–Crippen LogP) is 4.11. The fourth-order valence-electron chi connectivity index (χ4n) is 3.83. The Bertz CT molecular complexity index is 504. The number of nitrogens with one attached hydrogen (secondary N) is 1. The van der Waals surface area contributed by atoms with Crippen LogP contribution in [-0.4, -0.2) is 21.4 Å². The molecule has 2 unspecified atom stereocenters. The largest absolute Gasteiger partial charge is 0.393 e. The number of thioether (sulfide) groups is 1. The molecule has 23 heavy (non-hydrogen) atoms. The lowest BCUT2D eigenvalue weighted by atomic mass is 9.58. The first-order valence-corrected chi connectivity index (χ1v) is 9.55. The van der Waals surface area contributed by atoms with Gasteiger partial charge in [-0.25, -0.2) is 0 Å². The number of hydrogen-bond acceptors (Lipinski definition) is 4. The second-order valence-electron chi connectivity index (χ2n) is 9.04. The van der Waals surface area contributed by atoms with Gasteiger partial charge in [-0.15, -0.1) is 0 Å². The van der Waals surface area contributed by atoms with Crippen LogP contribution in [-0.2, 0) is 4.79 Å². The van der Waals surface area contributed by atoms with Gasteiger partial charge in [0.25, 0.3) is 5.91 Å². The quantitative estimate of drug-likeness (QED) is 0.549. The predicted molar refractivity (Wildman–Crippen MR) is 101 cm³/mol. The van der Waals surface area contributed by atoms with Crippen LogP contribution in [0.15, 0.2) is 11.0 Å². The third-order valence-electron chi connectivity index (χ3n) is 5.19. The van der Waals surface area contributed by atoms with Crippen LogP contribution in [0.1, 0.15) is 54.4 Å². The molecule has 2 fully saturated rings. The minimum Gasteiger partial charge on any atom is -0.393 e. The van der Waals surface area contributed by atoms with Crippen LogP contribution in [0.3, 0.4) is 0 Å². The summed E-state index contributed by atoms with van der Waals surface area (Å²) in [5.74, 6) is 0.680. The van der Waals surface area contributed by atoms with E-state index >= 15 is 0 Å². The van der Waals surface area contributed by atoms with Gasteiger partial charge in [0.05, 0.1) is 11.0 Å². The van der Waals surface area contributed by atoms with E-state index in [1.807, 2.05) is 0 Å². The number of aliphatic hydroxyl groups excluding tert-OH is 1. The normalized spacial score (nSPS) is 34.8. The maximum atomic E-state index is 11.9. The van der Waals surface area contributed by atoms with Gasteiger partial charge in [-0.3, -0.25) is 4.79 Å². The Morgan fingerprint density at radius 1 is 1.13 bits per heavy atom. The molecule has 5 heteroatoms. The summed E-state index contributed by atoms with van der Waals surface area (Å²) in [4.78, 5) is 12.7. The van der Waals surface area contributed by atoms with E-state index in [4.69, 9.17) is 12.2 Å². The molecular weight excluding hydrogens is 326 g/mol. The van der Waals surface area contributed by atoms with Crippen molar-refractivity contribution in [1.82, 2.24) is 5.32 Å². The maximum absolute atomic E-state index is 11.9. The number of aliphatic hydroxyl groups is 1. The molecule has 1 aliphatic carbocycles. The molecule has 2 atom stereocenters. The molecule has 0 aromatic carbocycles. The van der Waals surface area contributed by atoms with Crippen LogP contribution in [0.5, 0.6) is 0 Å². The number of thiocarbonyl (C=S) groups is 1. The van der Waals surface area contributed by atoms with Crippen molar-refractivity contribution in [2.75, 3.05) is 0 Å². The van der Waals surface area contributed by atoms with Gasteiger partial charge in [0, 0.05) is 0 Å². The lowest BCUT2D eigenvalue weighted by Crippen LogP contribution is -2.47. The first kappa shape index (κ1) is 18.9. The van der Waals surface area contributed by atoms with E-state index in [0.29, 0.717) is 10.2 Å². The highest BCUT2D eigenvalue weighted by Crippen LogP contribution is 2.49. The lowest BCUT2D eigenvalue weighted by Gasteiger charge is -2.49. The van der Waals surface area contributed by atoms with Crippen molar-refractivity contribution in [2.24, 2.45) is 28.6 Å². The van der Waals surface area contributed by atoms with Gasteiger partial charge in [0.2, 0.25) is 0 Å². The summed E-state index contributed by atoms with van der Waals surface area (Å²) in [5.41, 5.74) is 0.0843. The van der Waals surface area contributed by atoms with Crippen molar-refractivity contribution in [1.29, 1.82) is 0 Å². The van der Waals surface area contributed by atoms with Crippen molar-refractivity contribution in [3.63, 3.8) is 0 Å². The highest BCUT2D eigenvalue weighted by atomic mass is 32.2. The van der Waals surface area contributed by atoms with Crippen molar-refractivity contribution in [2.45, 2.75) is 60.5 Å². The molecule has 2 aliphatic rings. The average Bonchev–Trinajstić information content (AvgIpc) is 2.67. The summed E-state index contributed by atoms with van der Waals surface area (Å²) in [5, 5.41) is 13.6. The SMILES string of the molecule is CC(C)(C)C1CC(/C=C2/SC(=S)NC2=O)CC(C(C)(C)C)C1O. The number of hydrogen-bond donors (Lipinski definition) is 2.